The van der Waals surface area contributed by atoms with Crippen molar-refractivity contribution in [3.8, 4) is 44.5 Å². The standard InChI is InChI=1S/C62H45N/c1-61(46-23-8-4-9-24-46)55-30-16-14-27-51(55)53-37-35-48(40-57(53)61)63(49-36-38-54-52-28-15-17-31-56(52)62(2,58(54)41-49)47-25-10-5-11-26-47)59-32-18-29-50(60(59)43-20-6-3-7-21-43)45-34-33-42-19-12-13-22-44(42)39-45/h3-41H,1-2H3. The van der Waals surface area contributed by atoms with Gasteiger partial charge in [-0.25, -0.2) is 0 Å². The second kappa shape index (κ2) is 14.4. The summed E-state index contributed by atoms with van der Waals surface area (Å²) in [5.74, 6) is 0. The molecule has 0 spiro atoms. The molecule has 0 aliphatic heterocycles. The molecule has 298 valence electrons. The zero-order chi connectivity index (χ0) is 42.1. The monoisotopic (exact) mass is 803 g/mol. The second-order valence-electron chi connectivity index (χ2n) is 17.5. The van der Waals surface area contributed by atoms with Crippen molar-refractivity contribution in [2.45, 2.75) is 24.7 Å². The third-order valence-electron chi connectivity index (χ3n) is 14.2. The Morgan fingerprint density at radius 1 is 0.302 bits per heavy atom. The Bertz CT molecular complexity index is 3220. The molecule has 0 saturated heterocycles. The third-order valence-corrected chi connectivity index (χ3v) is 14.2. The smallest absolute Gasteiger partial charge is 0.0546 e. The summed E-state index contributed by atoms with van der Waals surface area (Å²) < 4.78 is 0. The van der Waals surface area contributed by atoms with Gasteiger partial charge in [0.1, 0.15) is 0 Å². The summed E-state index contributed by atoms with van der Waals surface area (Å²) in [4.78, 5) is 2.54. The minimum atomic E-state index is -0.352. The number of nitrogens with zero attached hydrogens (tertiary/aromatic N) is 1. The summed E-state index contributed by atoms with van der Waals surface area (Å²) in [5, 5.41) is 2.47. The summed E-state index contributed by atoms with van der Waals surface area (Å²) in [6.45, 7) is 4.82. The number of benzene rings is 10. The molecule has 12 rings (SSSR count). The molecular weight excluding hydrogens is 759 g/mol. The van der Waals surface area contributed by atoms with Gasteiger partial charge in [-0.15, -0.1) is 0 Å². The molecule has 0 saturated carbocycles. The predicted molar refractivity (Wildman–Crippen MR) is 264 cm³/mol. The first-order valence-corrected chi connectivity index (χ1v) is 22.1. The maximum absolute atomic E-state index is 2.54. The molecule has 0 radical (unpaired) electrons. The Balaban J connectivity index is 1.15. The lowest BCUT2D eigenvalue weighted by Gasteiger charge is -2.33. The van der Waals surface area contributed by atoms with Crippen LogP contribution in [0.5, 0.6) is 0 Å². The van der Waals surface area contributed by atoms with Crippen LogP contribution in [0.3, 0.4) is 0 Å². The summed E-state index contributed by atoms with van der Waals surface area (Å²) in [5.41, 5.74) is 20.5. The molecule has 10 aromatic carbocycles. The molecule has 0 bridgehead atoms. The first-order valence-electron chi connectivity index (χ1n) is 22.1. The highest BCUT2D eigenvalue weighted by atomic mass is 15.1. The number of hydrogen-bond donors (Lipinski definition) is 0. The van der Waals surface area contributed by atoms with E-state index in [0.29, 0.717) is 0 Å². The lowest BCUT2D eigenvalue weighted by Crippen LogP contribution is -2.23. The van der Waals surface area contributed by atoms with Crippen LogP contribution in [0.25, 0.3) is 55.3 Å². The van der Waals surface area contributed by atoms with E-state index < -0.39 is 0 Å². The average Bonchev–Trinajstić information content (AvgIpc) is 3.77. The van der Waals surface area contributed by atoms with Crippen LogP contribution in [0, 0.1) is 0 Å². The molecule has 0 fully saturated rings. The van der Waals surface area contributed by atoms with Crippen LogP contribution in [-0.4, -0.2) is 0 Å². The zero-order valence-electron chi connectivity index (χ0n) is 35.5. The summed E-state index contributed by atoms with van der Waals surface area (Å²) in [7, 11) is 0. The van der Waals surface area contributed by atoms with Gasteiger partial charge < -0.3 is 4.90 Å². The molecule has 2 atom stereocenters. The van der Waals surface area contributed by atoms with Gasteiger partial charge in [-0.05, 0) is 133 Å². The summed E-state index contributed by atoms with van der Waals surface area (Å²) in [6.07, 6.45) is 0. The van der Waals surface area contributed by atoms with E-state index in [1.54, 1.807) is 0 Å². The summed E-state index contributed by atoms with van der Waals surface area (Å²) in [6, 6.07) is 87.9. The van der Waals surface area contributed by atoms with Gasteiger partial charge >= 0.3 is 0 Å². The Labute approximate surface area is 370 Å². The van der Waals surface area contributed by atoms with E-state index in [2.05, 4.69) is 255 Å². The maximum Gasteiger partial charge on any atom is 0.0546 e. The van der Waals surface area contributed by atoms with E-state index in [4.69, 9.17) is 0 Å². The molecule has 2 aliphatic rings. The highest BCUT2D eigenvalue weighted by Crippen LogP contribution is 2.57. The highest BCUT2D eigenvalue weighted by Gasteiger charge is 2.43. The average molecular weight is 804 g/mol. The molecule has 63 heavy (non-hydrogen) atoms. The van der Waals surface area contributed by atoms with Gasteiger partial charge in [0.2, 0.25) is 0 Å². The van der Waals surface area contributed by atoms with E-state index in [1.807, 2.05) is 0 Å². The fourth-order valence-electron chi connectivity index (χ4n) is 11.1. The second-order valence-corrected chi connectivity index (χ2v) is 17.5. The SMILES string of the molecule is CC1(c2ccccc2)c2ccccc2-c2ccc(N(c3ccc4c(c3)C(C)(c3ccccc3)c3ccccc3-4)c3cccc(-c4ccc5ccccc5c4)c3-c3ccccc3)cc21. The van der Waals surface area contributed by atoms with Gasteiger partial charge in [0, 0.05) is 27.8 Å². The zero-order valence-corrected chi connectivity index (χ0v) is 35.5. The van der Waals surface area contributed by atoms with Crippen LogP contribution in [0.1, 0.15) is 47.2 Å². The van der Waals surface area contributed by atoms with Crippen molar-refractivity contribution < 1.29 is 0 Å². The molecule has 1 heteroatoms. The van der Waals surface area contributed by atoms with E-state index >= 15 is 0 Å². The minimum absolute atomic E-state index is 0.352. The maximum atomic E-state index is 2.54. The van der Waals surface area contributed by atoms with Crippen LogP contribution in [0.2, 0.25) is 0 Å². The number of anilines is 3. The minimum Gasteiger partial charge on any atom is -0.310 e. The van der Waals surface area contributed by atoms with Crippen molar-refractivity contribution in [3.63, 3.8) is 0 Å². The van der Waals surface area contributed by atoms with Crippen molar-refractivity contribution in [1.82, 2.24) is 0 Å². The molecule has 0 heterocycles. The molecule has 0 aromatic heterocycles. The van der Waals surface area contributed by atoms with Crippen molar-refractivity contribution in [1.29, 1.82) is 0 Å². The van der Waals surface area contributed by atoms with Gasteiger partial charge in [-0.3, -0.25) is 0 Å². The first-order chi connectivity index (χ1) is 31.0. The normalized spacial score (nSPS) is 16.9. The van der Waals surface area contributed by atoms with Gasteiger partial charge in [-0.2, -0.15) is 0 Å². The summed E-state index contributed by atoms with van der Waals surface area (Å²) >= 11 is 0. The number of hydrogen-bond acceptors (Lipinski definition) is 1. The van der Waals surface area contributed by atoms with Crippen molar-refractivity contribution in [3.05, 3.63) is 270 Å². The molecule has 0 N–H and O–H groups in total. The van der Waals surface area contributed by atoms with E-state index in [0.717, 1.165) is 17.1 Å². The van der Waals surface area contributed by atoms with Crippen LogP contribution in [0.15, 0.2) is 237 Å². The van der Waals surface area contributed by atoms with E-state index in [9.17, 15) is 0 Å². The van der Waals surface area contributed by atoms with Crippen molar-refractivity contribution >= 4 is 27.8 Å². The Kier molecular flexibility index (Phi) is 8.49. The Morgan fingerprint density at radius 3 is 1.33 bits per heavy atom. The van der Waals surface area contributed by atoms with Gasteiger partial charge in [0.05, 0.1) is 5.69 Å². The first kappa shape index (κ1) is 37.1. The van der Waals surface area contributed by atoms with Gasteiger partial charge in [0.15, 0.2) is 0 Å². The van der Waals surface area contributed by atoms with E-state index in [-0.39, 0.29) is 10.8 Å². The Morgan fingerprint density at radius 2 is 0.762 bits per heavy atom. The lowest BCUT2D eigenvalue weighted by molar-refractivity contribution is 0.713. The fraction of sp³-hybridized carbons (Fsp3) is 0.0645. The highest BCUT2D eigenvalue weighted by molar-refractivity contribution is 6.00. The molecule has 2 aliphatic carbocycles. The predicted octanol–water partition coefficient (Wildman–Crippen LogP) is 16.3. The Hall–Kier alpha value is -7.74. The topological polar surface area (TPSA) is 3.24 Å². The third kappa shape index (κ3) is 5.63. The molecule has 2 unspecified atom stereocenters. The largest absolute Gasteiger partial charge is 0.310 e. The van der Waals surface area contributed by atoms with Crippen LogP contribution >= 0.6 is 0 Å². The van der Waals surface area contributed by atoms with Crippen LogP contribution in [-0.2, 0) is 10.8 Å². The molecule has 0 amide bonds. The van der Waals surface area contributed by atoms with Crippen molar-refractivity contribution in [2.75, 3.05) is 4.90 Å². The quantitative estimate of drug-likeness (QED) is 0.155. The molecule has 10 aromatic rings. The van der Waals surface area contributed by atoms with Crippen molar-refractivity contribution in [2.24, 2.45) is 0 Å². The molecular formula is C62H45N. The lowest BCUT2D eigenvalue weighted by atomic mass is 9.74. The van der Waals surface area contributed by atoms with E-state index in [1.165, 1.54) is 88.7 Å². The number of fused-ring (bicyclic) bond motifs is 7. The van der Waals surface area contributed by atoms with Gasteiger partial charge in [-0.1, -0.05) is 200 Å². The number of rotatable bonds is 7. The van der Waals surface area contributed by atoms with Crippen LogP contribution in [0.4, 0.5) is 17.1 Å². The fourth-order valence-corrected chi connectivity index (χ4v) is 11.1. The van der Waals surface area contributed by atoms with Crippen LogP contribution < -0.4 is 4.90 Å². The van der Waals surface area contributed by atoms with Gasteiger partial charge in [0.25, 0.3) is 0 Å². The molecule has 1 nitrogen and oxygen atoms in total.